The molecule has 1 atom stereocenters. The Morgan fingerprint density at radius 3 is 2.77 bits per heavy atom. The predicted octanol–water partition coefficient (Wildman–Crippen LogP) is 3.25. The molecule has 1 fully saturated rings. The molecule has 0 aliphatic carbocycles. The molecule has 0 aromatic carbocycles. The first-order valence-electron chi connectivity index (χ1n) is 9.35. The fourth-order valence-corrected chi connectivity index (χ4v) is 4.65. The summed E-state index contributed by atoms with van der Waals surface area (Å²) in [5.41, 5.74) is 2.32. The van der Waals surface area contributed by atoms with Crippen LogP contribution in [0.2, 0.25) is 0 Å². The summed E-state index contributed by atoms with van der Waals surface area (Å²) < 4.78 is 0. The van der Waals surface area contributed by atoms with Crippen molar-refractivity contribution in [2.45, 2.75) is 45.6 Å². The number of thiophene rings is 1. The average Bonchev–Trinajstić information content (AvgIpc) is 3.29. The summed E-state index contributed by atoms with van der Waals surface area (Å²) in [6.07, 6.45) is 1.89. The molecule has 26 heavy (non-hydrogen) atoms. The van der Waals surface area contributed by atoms with E-state index in [4.69, 9.17) is 0 Å². The van der Waals surface area contributed by atoms with Crippen molar-refractivity contribution in [2.24, 2.45) is 5.92 Å². The number of amides is 1. The summed E-state index contributed by atoms with van der Waals surface area (Å²) in [6, 6.07) is 6.26. The van der Waals surface area contributed by atoms with Gasteiger partial charge in [0, 0.05) is 36.5 Å². The van der Waals surface area contributed by atoms with E-state index in [1.165, 1.54) is 10.4 Å². The largest absolute Gasteiger partial charge is 0.354 e. The monoisotopic (exact) mass is 370 g/mol. The molecular formula is C20H26N4OS. The van der Waals surface area contributed by atoms with Crippen molar-refractivity contribution in [2.75, 3.05) is 24.5 Å². The van der Waals surface area contributed by atoms with E-state index in [1.54, 1.807) is 0 Å². The summed E-state index contributed by atoms with van der Waals surface area (Å²) in [6.45, 7) is 9.65. The molecule has 138 valence electrons. The van der Waals surface area contributed by atoms with Gasteiger partial charge in [0.2, 0.25) is 5.91 Å². The normalized spacial score (nSPS) is 20.3. The van der Waals surface area contributed by atoms with Crippen molar-refractivity contribution in [1.82, 2.24) is 15.1 Å². The van der Waals surface area contributed by atoms with Gasteiger partial charge in [-0.25, -0.2) is 0 Å². The molecule has 0 radical (unpaired) electrons. The van der Waals surface area contributed by atoms with Gasteiger partial charge < -0.3 is 9.80 Å². The minimum absolute atomic E-state index is 0.00378. The Bertz CT molecular complexity index is 793. The van der Waals surface area contributed by atoms with Crippen molar-refractivity contribution in [3.63, 3.8) is 0 Å². The van der Waals surface area contributed by atoms with Gasteiger partial charge >= 0.3 is 0 Å². The highest BCUT2D eigenvalue weighted by molar-refractivity contribution is 7.10. The number of anilines is 1. The van der Waals surface area contributed by atoms with Gasteiger partial charge in [-0.15, -0.1) is 16.4 Å². The average molecular weight is 371 g/mol. The van der Waals surface area contributed by atoms with Crippen LogP contribution in [0.15, 0.2) is 23.6 Å². The van der Waals surface area contributed by atoms with Crippen LogP contribution in [0.1, 0.15) is 43.3 Å². The van der Waals surface area contributed by atoms with Crippen LogP contribution in [0.5, 0.6) is 0 Å². The Kier molecular flexibility index (Phi) is 4.47. The van der Waals surface area contributed by atoms with E-state index in [0.717, 1.165) is 50.5 Å². The molecule has 0 bridgehead atoms. The van der Waals surface area contributed by atoms with Crippen LogP contribution in [0.25, 0.3) is 0 Å². The number of hydrogen-bond acceptors (Lipinski definition) is 5. The lowest BCUT2D eigenvalue weighted by Crippen LogP contribution is -2.40. The third-order valence-corrected chi connectivity index (χ3v) is 6.42. The highest BCUT2D eigenvalue weighted by atomic mass is 32.1. The molecule has 2 aromatic rings. The molecule has 2 aliphatic rings. The number of fused-ring (bicyclic) bond motifs is 1. The van der Waals surface area contributed by atoms with Crippen molar-refractivity contribution in [1.29, 1.82) is 0 Å². The first kappa shape index (κ1) is 17.5. The van der Waals surface area contributed by atoms with E-state index in [-0.39, 0.29) is 11.3 Å². The number of hydrogen-bond donors (Lipinski definition) is 0. The SMILES string of the molecule is CC(C)(C)c1ccc(N2CCC(C(=O)N3CCc4sccc4C3)C2)nn1. The van der Waals surface area contributed by atoms with E-state index in [0.29, 0.717) is 5.91 Å². The van der Waals surface area contributed by atoms with Crippen molar-refractivity contribution >= 4 is 23.1 Å². The molecule has 0 saturated carbocycles. The van der Waals surface area contributed by atoms with Gasteiger partial charge in [0.25, 0.3) is 0 Å². The van der Waals surface area contributed by atoms with Crippen LogP contribution in [0, 0.1) is 5.92 Å². The fraction of sp³-hybridized carbons (Fsp3) is 0.550. The topological polar surface area (TPSA) is 49.3 Å². The van der Waals surface area contributed by atoms with Gasteiger partial charge in [-0.2, -0.15) is 5.10 Å². The lowest BCUT2D eigenvalue weighted by molar-refractivity contribution is -0.135. The zero-order valence-corrected chi connectivity index (χ0v) is 16.6. The molecule has 5 nitrogen and oxygen atoms in total. The Balaban J connectivity index is 1.40. The van der Waals surface area contributed by atoms with Gasteiger partial charge in [-0.1, -0.05) is 20.8 Å². The summed E-state index contributed by atoms with van der Waals surface area (Å²) >= 11 is 1.81. The van der Waals surface area contributed by atoms with Gasteiger partial charge in [0.1, 0.15) is 0 Å². The van der Waals surface area contributed by atoms with E-state index in [1.807, 2.05) is 22.3 Å². The Labute approximate surface area is 159 Å². The quantitative estimate of drug-likeness (QED) is 0.814. The zero-order chi connectivity index (χ0) is 18.3. The van der Waals surface area contributed by atoms with E-state index >= 15 is 0 Å². The van der Waals surface area contributed by atoms with Crippen LogP contribution < -0.4 is 4.90 Å². The van der Waals surface area contributed by atoms with Gasteiger partial charge in [-0.3, -0.25) is 4.79 Å². The molecule has 0 spiro atoms. The standard InChI is InChI=1S/C20H26N4OS/c1-20(2,3)17-4-5-18(22-21-17)23-9-6-15(13-23)19(25)24-10-7-16-14(12-24)8-11-26-16/h4-5,8,11,15H,6-7,9-10,12-13H2,1-3H3. The Hall–Kier alpha value is -1.95. The molecule has 1 amide bonds. The minimum Gasteiger partial charge on any atom is -0.354 e. The third kappa shape index (κ3) is 3.34. The lowest BCUT2D eigenvalue weighted by atomic mass is 9.92. The fourth-order valence-electron chi connectivity index (χ4n) is 3.76. The highest BCUT2D eigenvalue weighted by Gasteiger charge is 2.33. The van der Waals surface area contributed by atoms with E-state index in [9.17, 15) is 4.79 Å². The molecule has 1 unspecified atom stereocenters. The highest BCUT2D eigenvalue weighted by Crippen LogP contribution is 2.29. The first-order chi connectivity index (χ1) is 12.4. The zero-order valence-electron chi connectivity index (χ0n) is 15.7. The Morgan fingerprint density at radius 2 is 2.04 bits per heavy atom. The number of carbonyl (C=O) groups is 1. The van der Waals surface area contributed by atoms with Crippen LogP contribution >= 0.6 is 11.3 Å². The van der Waals surface area contributed by atoms with Crippen molar-refractivity contribution in [3.8, 4) is 0 Å². The van der Waals surface area contributed by atoms with Gasteiger partial charge in [0.05, 0.1) is 11.6 Å². The molecule has 2 aromatic heterocycles. The smallest absolute Gasteiger partial charge is 0.227 e. The van der Waals surface area contributed by atoms with Crippen LogP contribution in [-0.2, 0) is 23.2 Å². The molecular weight excluding hydrogens is 344 g/mol. The Morgan fingerprint density at radius 1 is 1.19 bits per heavy atom. The lowest BCUT2D eigenvalue weighted by Gasteiger charge is -2.29. The van der Waals surface area contributed by atoms with Crippen LogP contribution in [0.3, 0.4) is 0 Å². The molecule has 6 heteroatoms. The minimum atomic E-state index is 0.00378. The van der Waals surface area contributed by atoms with Gasteiger partial charge in [0.15, 0.2) is 5.82 Å². The van der Waals surface area contributed by atoms with Crippen molar-refractivity contribution < 1.29 is 4.79 Å². The summed E-state index contributed by atoms with van der Waals surface area (Å²) in [5.74, 6) is 1.25. The van der Waals surface area contributed by atoms with Crippen LogP contribution in [-0.4, -0.2) is 40.6 Å². The maximum atomic E-state index is 13.0. The number of carbonyl (C=O) groups excluding carboxylic acids is 1. The molecule has 4 rings (SSSR count). The number of rotatable bonds is 2. The maximum Gasteiger partial charge on any atom is 0.227 e. The number of aromatic nitrogens is 2. The number of nitrogens with zero attached hydrogens (tertiary/aromatic N) is 4. The molecule has 1 saturated heterocycles. The van der Waals surface area contributed by atoms with Crippen molar-refractivity contribution in [3.05, 3.63) is 39.7 Å². The van der Waals surface area contributed by atoms with Crippen LogP contribution in [0.4, 0.5) is 5.82 Å². The second-order valence-corrected chi connectivity index (χ2v) is 9.34. The van der Waals surface area contributed by atoms with E-state index in [2.05, 4.69) is 53.4 Å². The maximum absolute atomic E-state index is 13.0. The second kappa shape index (κ2) is 6.65. The molecule has 0 N–H and O–H groups in total. The molecule has 2 aliphatic heterocycles. The van der Waals surface area contributed by atoms with Gasteiger partial charge in [-0.05, 0) is 42.0 Å². The first-order valence-corrected chi connectivity index (χ1v) is 10.2. The molecule has 4 heterocycles. The second-order valence-electron chi connectivity index (χ2n) is 8.34. The summed E-state index contributed by atoms with van der Waals surface area (Å²) in [4.78, 5) is 18.6. The summed E-state index contributed by atoms with van der Waals surface area (Å²) in [5, 5.41) is 10.9. The predicted molar refractivity (Wildman–Crippen MR) is 104 cm³/mol. The third-order valence-electron chi connectivity index (χ3n) is 5.40. The van der Waals surface area contributed by atoms with E-state index < -0.39 is 0 Å². The summed E-state index contributed by atoms with van der Waals surface area (Å²) in [7, 11) is 0.